The number of aromatic nitrogens is 1. The van der Waals surface area contributed by atoms with Crippen LogP contribution in [0.4, 0.5) is 4.39 Å². The van der Waals surface area contributed by atoms with Crippen molar-refractivity contribution in [3.63, 3.8) is 0 Å². The number of carbonyl (C=O) groups excluding carboxylic acids is 1. The standard InChI is InChI=1S/C10H8FNO2/c1-2-10(13)14-6-5-9-4-3-8(11)7-12-9/h1,3-4,7H,5-6H2. The van der Waals surface area contributed by atoms with Crippen molar-refractivity contribution in [2.24, 2.45) is 0 Å². The fraction of sp³-hybridized carbons (Fsp3) is 0.200. The SMILES string of the molecule is C#CC(=O)OCCc1ccc(F)cn1. The van der Waals surface area contributed by atoms with Gasteiger partial charge in [-0.25, -0.2) is 9.18 Å². The largest absolute Gasteiger partial charge is 0.456 e. The molecule has 72 valence electrons. The monoisotopic (exact) mass is 193 g/mol. The van der Waals surface area contributed by atoms with E-state index in [2.05, 4.69) is 9.72 Å². The smallest absolute Gasteiger partial charge is 0.384 e. The molecule has 0 aliphatic rings. The summed E-state index contributed by atoms with van der Waals surface area (Å²) in [4.78, 5) is 14.3. The Morgan fingerprint density at radius 2 is 2.43 bits per heavy atom. The zero-order chi connectivity index (χ0) is 10.4. The fourth-order valence-corrected chi connectivity index (χ4v) is 0.844. The first-order chi connectivity index (χ1) is 6.72. The second-order valence-corrected chi connectivity index (χ2v) is 2.50. The van der Waals surface area contributed by atoms with Crippen LogP contribution in [0, 0.1) is 18.2 Å². The van der Waals surface area contributed by atoms with E-state index in [1.54, 1.807) is 0 Å². The van der Waals surface area contributed by atoms with Crippen LogP contribution in [0.25, 0.3) is 0 Å². The van der Waals surface area contributed by atoms with Gasteiger partial charge in [0.05, 0.1) is 12.8 Å². The summed E-state index contributed by atoms with van der Waals surface area (Å²) in [5.41, 5.74) is 0.649. The highest BCUT2D eigenvalue weighted by Gasteiger charge is 1.98. The number of halogens is 1. The molecule has 0 aromatic carbocycles. The van der Waals surface area contributed by atoms with Crippen molar-refractivity contribution in [3.8, 4) is 12.3 Å². The number of carbonyl (C=O) groups is 1. The summed E-state index contributed by atoms with van der Waals surface area (Å²) in [5, 5.41) is 0. The van der Waals surface area contributed by atoms with Crippen molar-refractivity contribution in [2.45, 2.75) is 6.42 Å². The average Bonchev–Trinajstić information content (AvgIpc) is 2.21. The van der Waals surface area contributed by atoms with E-state index in [1.807, 2.05) is 5.92 Å². The van der Waals surface area contributed by atoms with Gasteiger partial charge in [0.2, 0.25) is 0 Å². The van der Waals surface area contributed by atoms with Crippen molar-refractivity contribution in [2.75, 3.05) is 6.61 Å². The molecule has 0 unspecified atom stereocenters. The minimum absolute atomic E-state index is 0.154. The number of hydrogen-bond acceptors (Lipinski definition) is 3. The van der Waals surface area contributed by atoms with E-state index in [-0.39, 0.29) is 6.61 Å². The van der Waals surface area contributed by atoms with Crippen LogP contribution < -0.4 is 0 Å². The maximum Gasteiger partial charge on any atom is 0.384 e. The molecule has 0 spiro atoms. The second kappa shape index (κ2) is 4.97. The number of hydrogen-bond donors (Lipinski definition) is 0. The molecule has 0 aliphatic carbocycles. The van der Waals surface area contributed by atoms with Gasteiger partial charge in [0, 0.05) is 18.0 Å². The van der Waals surface area contributed by atoms with Gasteiger partial charge in [-0.15, -0.1) is 6.42 Å². The van der Waals surface area contributed by atoms with E-state index in [0.717, 1.165) is 6.20 Å². The summed E-state index contributed by atoms with van der Waals surface area (Å²) in [5.74, 6) is 0.723. The maximum atomic E-state index is 12.4. The predicted molar refractivity (Wildman–Crippen MR) is 47.7 cm³/mol. The molecule has 4 heteroatoms. The zero-order valence-electron chi connectivity index (χ0n) is 7.37. The molecule has 1 aromatic rings. The molecule has 0 saturated heterocycles. The summed E-state index contributed by atoms with van der Waals surface area (Å²) >= 11 is 0. The van der Waals surface area contributed by atoms with E-state index in [0.29, 0.717) is 12.1 Å². The molecule has 0 atom stereocenters. The molecule has 1 aromatic heterocycles. The van der Waals surface area contributed by atoms with Gasteiger partial charge in [-0.2, -0.15) is 0 Å². The van der Waals surface area contributed by atoms with Crippen LogP contribution in [-0.4, -0.2) is 17.6 Å². The van der Waals surface area contributed by atoms with Gasteiger partial charge in [0.25, 0.3) is 0 Å². The van der Waals surface area contributed by atoms with E-state index in [4.69, 9.17) is 6.42 Å². The Morgan fingerprint density at radius 1 is 1.64 bits per heavy atom. The van der Waals surface area contributed by atoms with Crippen molar-refractivity contribution in [1.82, 2.24) is 4.98 Å². The highest BCUT2D eigenvalue weighted by molar-refractivity contribution is 5.87. The van der Waals surface area contributed by atoms with Gasteiger partial charge in [0.15, 0.2) is 0 Å². The Balaban J connectivity index is 2.36. The molecule has 0 amide bonds. The highest BCUT2D eigenvalue weighted by Crippen LogP contribution is 1.99. The maximum absolute atomic E-state index is 12.4. The third kappa shape index (κ3) is 3.23. The topological polar surface area (TPSA) is 39.2 Å². The Labute approximate surface area is 80.9 Å². The predicted octanol–water partition coefficient (Wildman–Crippen LogP) is 0.940. The van der Waals surface area contributed by atoms with E-state index >= 15 is 0 Å². The van der Waals surface area contributed by atoms with Crippen LogP contribution in [0.15, 0.2) is 18.3 Å². The first kappa shape index (κ1) is 10.2. The average molecular weight is 193 g/mol. The van der Waals surface area contributed by atoms with Gasteiger partial charge < -0.3 is 4.74 Å². The van der Waals surface area contributed by atoms with Crippen LogP contribution in [0.5, 0.6) is 0 Å². The Bertz CT molecular complexity index is 353. The van der Waals surface area contributed by atoms with Gasteiger partial charge in [-0.1, -0.05) is 0 Å². The number of nitrogens with zero attached hydrogens (tertiary/aromatic N) is 1. The number of pyridine rings is 1. The van der Waals surface area contributed by atoms with E-state index in [1.165, 1.54) is 12.1 Å². The third-order valence-corrected chi connectivity index (χ3v) is 1.50. The summed E-state index contributed by atoms with van der Waals surface area (Å²) in [7, 11) is 0. The summed E-state index contributed by atoms with van der Waals surface area (Å²) < 4.78 is 17.0. The first-order valence-corrected chi connectivity index (χ1v) is 3.96. The van der Waals surface area contributed by atoms with E-state index in [9.17, 15) is 9.18 Å². The molecule has 0 fully saturated rings. The zero-order valence-corrected chi connectivity index (χ0v) is 7.37. The van der Waals surface area contributed by atoms with Crippen molar-refractivity contribution in [1.29, 1.82) is 0 Å². The molecule has 0 aliphatic heterocycles. The third-order valence-electron chi connectivity index (χ3n) is 1.50. The second-order valence-electron chi connectivity index (χ2n) is 2.50. The minimum Gasteiger partial charge on any atom is -0.456 e. The van der Waals surface area contributed by atoms with Gasteiger partial charge in [-0.3, -0.25) is 4.98 Å². The van der Waals surface area contributed by atoms with E-state index < -0.39 is 11.8 Å². The van der Waals surface area contributed by atoms with Crippen LogP contribution in [0.3, 0.4) is 0 Å². The molecule has 14 heavy (non-hydrogen) atoms. The molecular weight excluding hydrogens is 185 g/mol. The molecular formula is C10H8FNO2. The first-order valence-electron chi connectivity index (χ1n) is 3.96. The van der Waals surface area contributed by atoms with Gasteiger partial charge >= 0.3 is 5.97 Å². The number of ether oxygens (including phenoxy) is 1. The number of esters is 1. The van der Waals surface area contributed by atoms with Gasteiger partial charge in [-0.05, 0) is 12.1 Å². The lowest BCUT2D eigenvalue weighted by Crippen LogP contribution is -2.05. The lowest BCUT2D eigenvalue weighted by atomic mass is 10.3. The van der Waals surface area contributed by atoms with Crippen LogP contribution in [0.1, 0.15) is 5.69 Å². The highest BCUT2D eigenvalue weighted by atomic mass is 19.1. The summed E-state index contributed by atoms with van der Waals surface area (Å²) in [6.07, 6.45) is 6.32. The van der Waals surface area contributed by atoms with Gasteiger partial charge in [0.1, 0.15) is 5.82 Å². The number of terminal acetylenes is 1. The summed E-state index contributed by atoms with van der Waals surface area (Å²) in [6, 6.07) is 2.82. The molecule has 1 heterocycles. The molecule has 3 nitrogen and oxygen atoms in total. The van der Waals surface area contributed by atoms with Crippen LogP contribution in [0.2, 0.25) is 0 Å². The van der Waals surface area contributed by atoms with Crippen LogP contribution >= 0.6 is 0 Å². The molecule has 0 saturated carbocycles. The fourth-order valence-electron chi connectivity index (χ4n) is 0.844. The number of rotatable bonds is 3. The van der Waals surface area contributed by atoms with Crippen molar-refractivity contribution < 1.29 is 13.9 Å². The van der Waals surface area contributed by atoms with Crippen LogP contribution in [-0.2, 0) is 16.0 Å². The Hall–Kier alpha value is -1.89. The van der Waals surface area contributed by atoms with Crippen molar-refractivity contribution >= 4 is 5.97 Å². The lowest BCUT2D eigenvalue weighted by molar-refractivity contribution is -0.136. The summed E-state index contributed by atoms with van der Waals surface area (Å²) in [6.45, 7) is 0.154. The molecule has 0 N–H and O–H groups in total. The Kier molecular flexibility index (Phi) is 3.62. The Morgan fingerprint density at radius 3 is 3.00 bits per heavy atom. The molecule has 0 radical (unpaired) electrons. The quantitative estimate of drug-likeness (QED) is 0.407. The molecule has 1 rings (SSSR count). The normalized spacial score (nSPS) is 9.14. The van der Waals surface area contributed by atoms with Crippen molar-refractivity contribution in [3.05, 3.63) is 29.8 Å². The minimum atomic E-state index is -0.702. The lowest BCUT2D eigenvalue weighted by Gasteiger charge is -2.00. The molecule has 0 bridgehead atoms.